The van der Waals surface area contributed by atoms with Gasteiger partial charge in [-0.15, -0.1) is 0 Å². The topological polar surface area (TPSA) is 65.5 Å². The standard InChI is InChI=1S/C17H26F2N4O/c1-11(13-7-6-12(18)10-14(13)19)23-16(20-5)22-9-8-21-15(24)17(2,3)4/h6-7,10-11H,8-9H2,1-5H3,(H,21,24)(H2,20,22,23). The molecule has 0 aliphatic rings. The Labute approximate surface area is 141 Å². The molecule has 0 aliphatic carbocycles. The summed E-state index contributed by atoms with van der Waals surface area (Å²) in [6.45, 7) is 8.19. The second kappa shape index (κ2) is 8.61. The minimum atomic E-state index is -0.611. The molecule has 7 heteroatoms. The number of hydrogen-bond donors (Lipinski definition) is 3. The highest BCUT2D eigenvalue weighted by Gasteiger charge is 2.20. The molecule has 0 bridgehead atoms. The maximum absolute atomic E-state index is 13.8. The molecule has 0 heterocycles. The summed E-state index contributed by atoms with van der Waals surface area (Å²) in [5.41, 5.74) is -0.0884. The second-order valence-corrected chi connectivity index (χ2v) is 6.54. The number of nitrogens with zero attached hydrogens (tertiary/aromatic N) is 1. The summed E-state index contributed by atoms with van der Waals surface area (Å²) in [6, 6.07) is 3.08. The van der Waals surface area contributed by atoms with Crippen LogP contribution in [0, 0.1) is 17.0 Å². The first kappa shape index (κ1) is 19.9. The van der Waals surface area contributed by atoms with Gasteiger partial charge in [-0.1, -0.05) is 26.8 Å². The lowest BCUT2D eigenvalue weighted by molar-refractivity contribution is -0.128. The Bertz CT molecular complexity index is 597. The van der Waals surface area contributed by atoms with E-state index < -0.39 is 17.0 Å². The van der Waals surface area contributed by atoms with Gasteiger partial charge in [0.1, 0.15) is 11.6 Å². The van der Waals surface area contributed by atoms with Crippen molar-refractivity contribution in [2.75, 3.05) is 20.1 Å². The number of hydrogen-bond acceptors (Lipinski definition) is 2. The van der Waals surface area contributed by atoms with E-state index in [1.54, 1.807) is 14.0 Å². The van der Waals surface area contributed by atoms with Gasteiger partial charge in [-0.25, -0.2) is 8.78 Å². The largest absolute Gasteiger partial charge is 0.355 e. The Hall–Kier alpha value is -2.18. The smallest absolute Gasteiger partial charge is 0.225 e. The fourth-order valence-corrected chi connectivity index (χ4v) is 1.95. The van der Waals surface area contributed by atoms with Gasteiger partial charge in [0.25, 0.3) is 0 Å². The third-order valence-electron chi connectivity index (χ3n) is 3.39. The van der Waals surface area contributed by atoms with Crippen LogP contribution in [-0.2, 0) is 4.79 Å². The van der Waals surface area contributed by atoms with Crippen LogP contribution in [0.2, 0.25) is 0 Å². The number of nitrogens with one attached hydrogen (secondary N) is 3. The normalized spacial score (nSPS) is 13.4. The van der Waals surface area contributed by atoms with E-state index in [0.717, 1.165) is 6.07 Å². The van der Waals surface area contributed by atoms with E-state index in [-0.39, 0.29) is 11.9 Å². The minimum absolute atomic E-state index is 0.0333. The van der Waals surface area contributed by atoms with Gasteiger partial charge in [-0.2, -0.15) is 0 Å². The van der Waals surface area contributed by atoms with Crippen LogP contribution in [0.3, 0.4) is 0 Å². The summed E-state index contributed by atoms with van der Waals surface area (Å²) in [6.07, 6.45) is 0. The number of carbonyl (C=O) groups excluding carboxylic acids is 1. The van der Waals surface area contributed by atoms with Crippen LogP contribution in [0.25, 0.3) is 0 Å². The minimum Gasteiger partial charge on any atom is -0.355 e. The van der Waals surface area contributed by atoms with Crippen LogP contribution in [0.5, 0.6) is 0 Å². The molecule has 0 saturated carbocycles. The van der Waals surface area contributed by atoms with Crippen LogP contribution >= 0.6 is 0 Å². The number of halogens is 2. The van der Waals surface area contributed by atoms with E-state index in [4.69, 9.17) is 0 Å². The van der Waals surface area contributed by atoms with Gasteiger partial charge < -0.3 is 16.0 Å². The van der Waals surface area contributed by atoms with E-state index in [9.17, 15) is 13.6 Å². The van der Waals surface area contributed by atoms with Gasteiger partial charge in [-0.05, 0) is 13.0 Å². The van der Waals surface area contributed by atoms with Gasteiger partial charge in [0.2, 0.25) is 5.91 Å². The number of aliphatic imine (C=N–C) groups is 1. The first-order valence-corrected chi connectivity index (χ1v) is 7.85. The van der Waals surface area contributed by atoms with Crippen LogP contribution < -0.4 is 16.0 Å². The van der Waals surface area contributed by atoms with Crippen molar-refractivity contribution in [3.63, 3.8) is 0 Å². The molecule has 1 rings (SSSR count). The molecule has 134 valence electrons. The molecule has 0 spiro atoms. The average Bonchev–Trinajstić information content (AvgIpc) is 2.48. The Kier molecular flexibility index (Phi) is 7.13. The molecule has 0 saturated heterocycles. The monoisotopic (exact) mass is 340 g/mol. The lowest BCUT2D eigenvalue weighted by Gasteiger charge is -2.20. The zero-order valence-electron chi connectivity index (χ0n) is 14.8. The molecule has 1 aromatic rings. The van der Waals surface area contributed by atoms with Crippen molar-refractivity contribution in [3.8, 4) is 0 Å². The Balaban J connectivity index is 2.49. The molecule has 5 nitrogen and oxygen atoms in total. The van der Waals surface area contributed by atoms with Crippen molar-refractivity contribution in [1.29, 1.82) is 0 Å². The predicted octanol–water partition coefficient (Wildman–Crippen LogP) is 2.35. The number of amides is 1. The number of guanidine groups is 1. The molecule has 0 fully saturated rings. The molecule has 1 aromatic carbocycles. The van der Waals surface area contributed by atoms with Crippen molar-refractivity contribution in [3.05, 3.63) is 35.4 Å². The molecule has 24 heavy (non-hydrogen) atoms. The van der Waals surface area contributed by atoms with E-state index in [2.05, 4.69) is 20.9 Å². The molecule has 1 atom stereocenters. The molecule has 3 N–H and O–H groups in total. The highest BCUT2D eigenvalue weighted by Crippen LogP contribution is 2.17. The lowest BCUT2D eigenvalue weighted by atomic mass is 9.96. The quantitative estimate of drug-likeness (QED) is 0.438. The van der Waals surface area contributed by atoms with Crippen molar-refractivity contribution < 1.29 is 13.6 Å². The molecular formula is C17H26F2N4O. The van der Waals surface area contributed by atoms with E-state index in [1.165, 1.54) is 12.1 Å². The number of rotatable bonds is 5. The summed E-state index contributed by atoms with van der Waals surface area (Å²) in [5.74, 6) is -0.784. The average molecular weight is 340 g/mol. The van der Waals surface area contributed by atoms with Crippen LogP contribution in [0.15, 0.2) is 23.2 Å². The van der Waals surface area contributed by atoms with E-state index in [0.29, 0.717) is 24.6 Å². The first-order valence-electron chi connectivity index (χ1n) is 7.85. The van der Waals surface area contributed by atoms with Crippen LogP contribution in [-0.4, -0.2) is 32.0 Å². The lowest BCUT2D eigenvalue weighted by Crippen LogP contribution is -2.44. The first-order chi connectivity index (χ1) is 11.1. The highest BCUT2D eigenvalue weighted by atomic mass is 19.1. The maximum Gasteiger partial charge on any atom is 0.225 e. The van der Waals surface area contributed by atoms with Crippen molar-refractivity contribution >= 4 is 11.9 Å². The van der Waals surface area contributed by atoms with Crippen LogP contribution in [0.4, 0.5) is 8.78 Å². The summed E-state index contributed by atoms with van der Waals surface area (Å²) in [7, 11) is 1.59. The molecule has 0 aliphatic heterocycles. The Morgan fingerprint density at radius 2 is 1.83 bits per heavy atom. The molecule has 1 unspecified atom stereocenters. The van der Waals surface area contributed by atoms with Gasteiger partial charge in [-0.3, -0.25) is 9.79 Å². The zero-order valence-corrected chi connectivity index (χ0v) is 14.8. The van der Waals surface area contributed by atoms with Gasteiger partial charge >= 0.3 is 0 Å². The molecule has 0 aromatic heterocycles. The maximum atomic E-state index is 13.8. The van der Waals surface area contributed by atoms with Crippen molar-refractivity contribution in [2.24, 2.45) is 10.4 Å². The molecular weight excluding hydrogens is 314 g/mol. The van der Waals surface area contributed by atoms with Crippen molar-refractivity contribution in [2.45, 2.75) is 33.7 Å². The van der Waals surface area contributed by atoms with E-state index in [1.807, 2.05) is 20.8 Å². The molecule has 1 amide bonds. The van der Waals surface area contributed by atoms with Gasteiger partial charge in [0, 0.05) is 37.2 Å². The summed E-state index contributed by atoms with van der Waals surface area (Å²) in [5, 5.41) is 8.88. The number of benzene rings is 1. The summed E-state index contributed by atoms with van der Waals surface area (Å²) in [4.78, 5) is 15.8. The third kappa shape index (κ3) is 6.14. The SMILES string of the molecule is CN=C(NCCNC(=O)C(C)(C)C)NC(C)c1ccc(F)cc1F. The van der Waals surface area contributed by atoms with E-state index >= 15 is 0 Å². The third-order valence-corrected chi connectivity index (χ3v) is 3.39. The van der Waals surface area contributed by atoms with Gasteiger partial charge in [0.15, 0.2) is 5.96 Å². The van der Waals surface area contributed by atoms with Crippen LogP contribution in [0.1, 0.15) is 39.3 Å². The Morgan fingerprint density at radius 1 is 1.21 bits per heavy atom. The summed E-state index contributed by atoms with van der Waals surface area (Å²) >= 11 is 0. The zero-order chi connectivity index (χ0) is 18.3. The predicted molar refractivity (Wildman–Crippen MR) is 91.7 cm³/mol. The van der Waals surface area contributed by atoms with Crippen molar-refractivity contribution in [1.82, 2.24) is 16.0 Å². The fourth-order valence-electron chi connectivity index (χ4n) is 1.95. The summed E-state index contributed by atoms with van der Waals surface area (Å²) < 4.78 is 26.7. The number of carbonyl (C=O) groups is 1. The fraction of sp³-hybridized carbons (Fsp3) is 0.529. The van der Waals surface area contributed by atoms with Gasteiger partial charge in [0.05, 0.1) is 6.04 Å². The second-order valence-electron chi connectivity index (χ2n) is 6.54. The highest BCUT2D eigenvalue weighted by molar-refractivity contribution is 5.82. The Morgan fingerprint density at radius 3 is 2.38 bits per heavy atom. The molecule has 0 radical (unpaired) electrons.